The Balaban J connectivity index is 1.84. The standard InChI is InChI=1S/C20H19NO2/c1-13-9-11-21(12-10-13)17-8-4-7-16-18(17)20(23)15-6-3-2-5-14(15)19(16)22/h2-8,13H,9-12H2,1H3. The van der Waals surface area contributed by atoms with Crippen molar-refractivity contribution in [2.75, 3.05) is 18.0 Å². The average Bonchev–Trinajstić information content (AvgIpc) is 2.60. The lowest BCUT2D eigenvalue weighted by Crippen LogP contribution is -2.35. The lowest BCUT2D eigenvalue weighted by Gasteiger charge is -2.34. The van der Waals surface area contributed by atoms with Crippen LogP contribution < -0.4 is 4.90 Å². The van der Waals surface area contributed by atoms with E-state index in [0.29, 0.717) is 22.3 Å². The second-order valence-corrected chi connectivity index (χ2v) is 6.57. The number of fused-ring (bicyclic) bond motifs is 2. The molecule has 1 aliphatic heterocycles. The zero-order valence-electron chi connectivity index (χ0n) is 13.2. The molecule has 4 rings (SSSR count). The molecule has 0 atom stereocenters. The van der Waals surface area contributed by atoms with Crippen molar-refractivity contribution >= 4 is 17.3 Å². The topological polar surface area (TPSA) is 37.4 Å². The first kappa shape index (κ1) is 14.2. The van der Waals surface area contributed by atoms with E-state index >= 15 is 0 Å². The monoisotopic (exact) mass is 305 g/mol. The smallest absolute Gasteiger partial charge is 0.196 e. The van der Waals surface area contributed by atoms with Crippen molar-refractivity contribution < 1.29 is 9.59 Å². The molecule has 0 amide bonds. The van der Waals surface area contributed by atoms with Crippen LogP contribution in [0.25, 0.3) is 0 Å². The molecule has 2 aliphatic rings. The fraction of sp³-hybridized carbons (Fsp3) is 0.300. The molecule has 2 aromatic carbocycles. The van der Waals surface area contributed by atoms with Crippen LogP contribution in [0.3, 0.4) is 0 Å². The van der Waals surface area contributed by atoms with Crippen molar-refractivity contribution in [2.24, 2.45) is 5.92 Å². The van der Waals surface area contributed by atoms with Gasteiger partial charge in [-0.2, -0.15) is 0 Å². The van der Waals surface area contributed by atoms with Gasteiger partial charge in [0.15, 0.2) is 11.6 Å². The van der Waals surface area contributed by atoms with Crippen LogP contribution in [0.2, 0.25) is 0 Å². The van der Waals surface area contributed by atoms with Gasteiger partial charge in [0.25, 0.3) is 0 Å². The molecule has 0 bridgehead atoms. The summed E-state index contributed by atoms with van der Waals surface area (Å²) in [6.45, 7) is 4.16. The first-order chi connectivity index (χ1) is 11.2. The first-order valence-corrected chi connectivity index (χ1v) is 8.23. The number of piperidine rings is 1. The van der Waals surface area contributed by atoms with E-state index in [-0.39, 0.29) is 11.6 Å². The SMILES string of the molecule is CC1CCN(c2cccc3c2C(=O)c2ccccc2C3=O)CC1. The van der Waals surface area contributed by atoms with Crippen molar-refractivity contribution in [3.8, 4) is 0 Å². The number of anilines is 1. The molecule has 116 valence electrons. The molecule has 0 spiro atoms. The number of hydrogen-bond acceptors (Lipinski definition) is 3. The van der Waals surface area contributed by atoms with E-state index < -0.39 is 0 Å². The summed E-state index contributed by atoms with van der Waals surface area (Å²) in [6.07, 6.45) is 2.25. The quantitative estimate of drug-likeness (QED) is 0.688. The molecule has 1 saturated heterocycles. The van der Waals surface area contributed by atoms with E-state index in [9.17, 15) is 9.59 Å². The van der Waals surface area contributed by atoms with Crippen LogP contribution in [-0.2, 0) is 0 Å². The van der Waals surface area contributed by atoms with Gasteiger partial charge in [-0.15, -0.1) is 0 Å². The van der Waals surface area contributed by atoms with E-state index in [2.05, 4.69) is 11.8 Å². The molecule has 1 fully saturated rings. The maximum Gasteiger partial charge on any atom is 0.196 e. The molecular weight excluding hydrogens is 286 g/mol. The maximum atomic E-state index is 13.0. The zero-order chi connectivity index (χ0) is 16.0. The Morgan fingerprint density at radius 2 is 1.43 bits per heavy atom. The number of hydrogen-bond donors (Lipinski definition) is 0. The van der Waals surface area contributed by atoms with Crippen molar-refractivity contribution in [2.45, 2.75) is 19.8 Å². The molecule has 1 heterocycles. The van der Waals surface area contributed by atoms with Crippen LogP contribution in [-0.4, -0.2) is 24.7 Å². The minimum Gasteiger partial charge on any atom is -0.371 e. The normalized spacial score (nSPS) is 17.9. The Morgan fingerprint density at radius 1 is 0.826 bits per heavy atom. The summed E-state index contributed by atoms with van der Waals surface area (Å²) in [5, 5.41) is 0. The number of carbonyl (C=O) groups excluding carboxylic acids is 2. The summed E-state index contributed by atoms with van der Waals surface area (Å²) in [5.41, 5.74) is 3.11. The lowest BCUT2D eigenvalue weighted by atomic mass is 9.82. The van der Waals surface area contributed by atoms with Crippen molar-refractivity contribution in [3.63, 3.8) is 0 Å². The van der Waals surface area contributed by atoms with Gasteiger partial charge in [-0.1, -0.05) is 43.3 Å². The summed E-state index contributed by atoms with van der Waals surface area (Å²) < 4.78 is 0. The fourth-order valence-electron chi connectivity index (χ4n) is 3.64. The molecule has 3 heteroatoms. The number of carbonyl (C=O) groups is 2. The minimum absolute atomic E-state index is 0.0237. The highest BCUT2D eigenvalue weighted by Gasteiger charge is 2.33. The Hall–Kier alpha value is -2.42. The van der Waals surface area contributed by atoms with Gasteiger partial charge in [0.05, 0.1) is 5.56 Å². The highest BCUT2D eigenvalue weighted by Crippen LogP contribution is 2.35. The Labute approximate surface area is 135 Å². The van der Waals surface area contributed by atoms with Gasteiger partial charge in [-0.3, -0.25) is 9.59 Å². The van der Waals surface area contributed by atoms with Gasteiger partial charge >= 0.3 is 0 Å². The molecule has 23 heavy (non-hydrogen) atoms. The second kappa shape index (κ2) is 5.34. The third-order valence-corrected chi connectivity index (χ3v) is 5.05. The number of rotatable bonds is 1. The third-order valence-electron chi connectivity index (χ3n) is 5.05. The highest BCUT2D eigenvalue weighted by atomic mass is 16.1. The molecule has 0 aromatic heterocycles. The molecular formula is C20H19NO2. The van der Waals surface area contributed by atoms with Gasteiger partial charge in [0.1, 0.15) is 0 Å². The highest BCUT2D eigenvalue weighted by molar-refractivity contribution is 6.30. The van der Waals surface area contributed by atoms with Gasteiger partial charge in [-0.25, -0.2) is 0 Å². The van der Waals surface area contributed by atoms with E-state index in [1.165, 1.54) is 0 Å². The summed E-state index contributed by atoms with van der Waals surface area (Å²) in [5.74, 6) is 0.663. The van der Waals surface area contributed by atoms with Crippen LogP contribution in [0, 0.1) is 5.92 Å². The third kappa shape index (κ3) is 2.19. The number of nitrogens with zero attached hydrogens (tertiary/aromatic N) is 1. The van der Waals surface area contributed by atoms with E-state index in [1.807, 2.05) is 24.3 Å². The average molecular weight is 305 g/mol. The predicted octanol–water partition coefficient (Wildman–Crippen LogP) is 3.70. The van der Waals surface area contributed by atoms with Crippen LogP contribution in [0.5, 0.6) is 0 Å². The van der Waals surface area contributed by atoms with Gasteiger partial charge in [0.2, 0.25) is 0 Å². The molecule has 2 aromatic rings. The van der Waals surface area contributed by atoms with Crippen molar-refractivity contribution in [1.29, 1.82) is 0 Å². The minimum atomic E-state index is -0.0394. The summed E-state index contributed by atoms with van der Waals surface area (Å²) in [6, 6.07) is 12.8. The Kier molecular flexibility index (Phi) is 3.29. The molecule has 0 radical (unpaired) electrons. The molecule has 1 aliphatic carbocycles. The van der Waals surface area contributed by atoms with Crippen LogP contribution in [0.15, 0.2) is 42.5 Å². The molecule has 0 N–H and O–H groups in total. The van der Waals surface area contributed by atoms with E-state index in [4.69, 9.17) is 0 Å². The largest absolute Gasteiger partial charge is 0.371 e. The molecule has 3 nitrogen and oxygen atoms in total. The summed E-state index contributed by atoms with van der Waals surface area (Å²) in [7, 11) is 0. The Bertz CT molecular complexity index is 801. The fourth-order valence-corrected chi connectivity index (χ4v) is 3.64. The van der Waals surface area contributed by atoms with Crippen LogP contribution in [0.1, 0.15) is 51.6 Å². The zero-order valence-corrected chi connectivity index (χ0v) is 13.2. The predicted molar refractivity (Wildman–Crippen MR) is 90.4 cm³/mol. The first-order valence-electron chi connectivity index (χ1n) is 8.23. The van der Waals surface area contributed by atoms with Crippen LogP contribution >= 0.6 is 0 Å². The second-order valence-electron chi connectivity index (χ2n) is 6.57. The van der Waals surface area contributed by atoms with Crippen LogP contribution in [0.4, 0.5) is 5.69 Å². The summed E-state index contributed by atoms with van der Waals surface area (Å²) in [4.78, 5) is 28.0. The van der Waals surface area contributed by atoms with Gasteiger partial charge in [-0.05, 0) is 24.8 Å². The maximum absolute atomic E-state index is 13.0. The van der Waals surface area contributed by atoms with Gasteiger partial charge < -0.3 is 4.90 Å². The molecule has 0 saturated carbocycles. The molecule has 0 unspecified atom stereocenters. The van der Waals surface area contributed by atoms with Gasteiger partial charge in [0, 0.05) is 35.5 Å². The lowest BCUT2D eigenvalue weighted by molar-refractivity contribution is 0.0979. The van der Waals surface area contributed by atoms with E-state index in [1.54, 1.807) is 18.2 Å². The van der Waals surface area contributed by atoms with Crippen molar-refractivity contribution in [3.05, 3.63) is 64.7 Å². The number of benzene rings is 2. The van der Waals surface area contributed by atoms with Crippen molar-refractivity contribution in [1.82, 2.24) is 0 Å². The van der Waals surface area contributed by atoms with E-state index in [0.717, 1.165) is 37.5 Å². The summed E-state index contributed by atoms with van der Waals surface area (Å²) >= 11 is 0. The Morgan fingerprint density at radius 3 is 2.13 bits per heavy atom. The number of ketones is 2.